The zero-order chi connectivity index (χ0) is 16.0. The number of carbonyl (C=O) groups is 1. The monoisotopic (exact) mass is 312 g/mol. The van der Waals surface area contributed by atoms with Crippen LogP contribution in [0.2, 0.25) is 5.02 Å². The summed E-state index contributed by atoms with van der Waals surface area (Å²) in [6, 6.07) is 5.28. The van der Waals surface area contributed by atoms with Gasteiger partial charge in [0.1, 0.15) is 5.75 Å². The van der Waals surface area contributed by atoms with Gasteiger partial charge in [-0.05, 0) is 43.9 Å². The van der Waals surface area contributed by atoms with E-state index in [4.69, 9.17) is 22.1 Å². The number of rotatable bonds is 7. The number of amides is 1. The summed E-state index contributed by atoms with van der Waals surface area (Å²) < 4.78 is 5.61. The molecule has 1 unspecified atom stereocenters. The number of benzene rings is 1. The van der Waals surface area contributed by atoms with Crippen molar-refractivity contribution in [3.8, 4) is 5.75 Å². The van der Waals surface area contributed by atoms with E-state index in [1.807, 2.05) is 13.0 Å². The molecule has 0 radical (unpaired) electrons. The highest BCUT2D eigenvalue weighted by Gasteiger charge is 2.16. The zero-order valence-corrected chi connectivity index (χ0v) is 13.9. The minimum Gasteiger partial charge on any atom is -0.479 e. The van der Waals surface area contributed by atoms with E-state index in [-0.39, 0.29) is 11.9 Å². The molecule has 1 aromatic rings. The second kappa shape index (κ2) is 8.25. The van der Waals surface area contributed by atoms with E-state index in [1.54, 1.807) is 19.1 Å². The first kappa shape index (κ1) is 17.8. The van der Waals surface area contributed by atoms with E-state index in [1.165, 1.54) is 0 Å². The summed E-state index contributed by atoms with van der Waals surface area (Å²) >= 11 is 6.16. The van der Waals surface area contributed by atoms with Crippen LogP contribution in [0, 0.1) is 5.92 Å². The van der Waals surface area contributed by atoms with Gasteiger partial charge in [-0.1, -0.05) is 31.5 Å². The Morgan fingerprint density at radius 1 is 1.33 bits per heavy atom. The van der Waals surface area contributed by atoms with E-state index in [2.05, 4.69) is 19.2 Å². The summed E-state index contributed by atoms with van der Waals surface area (Å²) in [6.07, 6.45) is 0.360. The van der Waals surface area contributed by atoms with Gasteiger partial charge in [0.25, 0.3) is 5.91 Å². The van der Waals surface area contributed by atoms with Gasteiger partial charge in [0.05, 0.1) is 5.02 Å². The average molecular weight is 313 g/mol. The number of nitrogens with one attached hydrogen (secondary N) is 1. The average Bonchev–Trinajstić information content (AvgIpc) is 2.40. The SMILES string of the molecule is CC(C)CCNC(=O)C(C)Oc1ccc([C@H](C)N)cc1Cl. The third-order valence-electron chi connectivity index (χ3n) is 3.18. The van der Waals surface area contributed by atoms with Crippen LogP contribution in [0.15, 0.2) is 18.2 Å². The van der Waals surface area contributed by atoms with Crippen LogP contribution in [0.4, 0.5) is 0 Å². The third kappa shape index (κ3) is 5.94. The Hall–Kier alpha value is -1.26. The van der Waals surface area contributed by atoms with Crippen molar-refractivity contribution in [2.75, 3.05) is 6.54 Å². The Labute approximate surface area is 132 Å². The fourth-order valence-corrected chi connectivity index (χ4v) is 2.00. The van der Waals surface area contributed by atoms with Crippen molar-refractivity contribution in [1.29, 1.82) is 0 Å². The predicted octanol–water partition coefficient (Wildman–Crippen LogP) is 3.29. The van der Waals surface area contributed by atoms with Gasteiger partial charge in [0.2, 0.25) is 0 Å². The van der Waals surface area contributed by atoms with E-state index in [0.717, 1.165) is 12.0 Å². The van der Waals surface area contributed by atoms with Crippen LogP contribution in [0.25, 0.3) is 0 Å². The van der Waals surface area contributed by atoms with Crippen LogP contribution >= 0.6 is 11.6 Å². The lowest BCUT2D eigenvalue weighted by Gasteiger charge is -2.17. The van der Waals surface area contributed by atoms with Gasteiger partial charge >= 0.3 is 0 Å². The first-order valence-electron chi connectivity index (χ1n) is 7.30. The molecule has 0 aliphatic heterocycles. The topological polar surface area (TPSA) is 64.3 Å². The van der Waals surface area contributed by atoms with Crippen molar-refractivity contribution in [2.24, 2.45) is 11.7 Å². The highest BCUT2D eigenvalue weighted by molar-refractivity contribution is 6.32. The van der Waals surface area contributed by atoms with Crippen molar-refractivity contribution in [3.63, 3.8) is 0 Å². The lowest BCUT2D eigenvalue weighted by Crippen LogP contribution is -2.37. The number of ether oxygens (including phenoxy) is 1. The van der Waals surface area contributed by atoms with E-state index in [9.17, 15) is 4.79 Å². The van der Waals surface area contributed by atoms with E-state index in [0.29, 0.717) is 23.2 Å². The summed E-state index contributed by atoms with van der Waals surface area (Å²) in [4.78, 5) is 11.9. The Morgan fingerprint density at radius 3 is 2.52 bits per heavy atom. The maximum atomic E-state index is 11.9. The molecule has 5 heteroatoms. The first-order valence-corrected chi connectivity index (χ1v) is 7.68. The maximum Gasteiger partial charge on any atom is 0.260 e. The van der Waals surface area contributed by atoms with Crippen LogP contribution in [0.3, 0.4) is 0 Å². The van der Waals surface area contributed by atoms with Crippen LogP contribution in [0.5, 0.6) is 5.75 Å². The molecule has 21 heavy (non-hydrogen) atoms. The highest BCUT2D eigenvalue weighted by Crippen LogP contribution is 2.28. The molecule has 1 rings (SSSR count). The van der Waals surface area contributed by atoms with Gasteiger partial charge in [-0.25, -0.2) is 0 Å². The van der Waals surface area contributed by atoms with Crippen molar-refractivity contribution >= 4 is 17.5 Å². The minimum atomic E-state index is -0.587. The van der Waals surface area contributed by atoms with Crippen LogP contribution in [-0.2, 0) is 4.79 Å². The number of halogens is 1. The molecule has 0 aromatic heterocycles. The summed E-state index contributed by atoms with van der Waals surface area (Å²) in [5, 5.41) is 3.32. The normalized spacial score (nSPS) is 13.9. The van der Waals surface area contributed by atoms with Crippen molar-refractivity contribution in [3.05, 3.63) is 28.8 Å². The van der Waals surface area contributed by atoms with Gasteiger partial charge in [0.15, 0.2) is 6.10 Å². The molecule has 3 N–H and O–H groups in total. The fraction of sp³-hybridized carbons (Fsp3) is 0.562. The number of nitrogens with two attached hydrogens (primary N) is 1. The standard InChI is InChI=1S/C16H25ClN2O2/c1-10(2)7-8-19-16(20)12(4)21-15-6-5-13(11(3)18)9-14(15)17/h5-6,9-12H,7-8,18H2,1-4H3,(H,19,20)/t11-,12?/m0/s1. The van der Waals surface area contributed by atoms with Gasteiger partial charge < -0.3 is 15.8 Å². The van der Waals surface area contributed by atoms with E-state index >= 15 is 0 Å². The van der Waals surface area contributed by atoms with Gasteiger partial charge in [-0.3, -0.25) is 4.79 Å². The highest BCUT2D eigenvalue weighted by atomic mass is 35.5. The molecule has 118 valence electrons. The number of hydrogen-bond donors (Lipinski definition) is 2. The summed E-state index contributed by atoms with van der Waals surface area (Å²) in [6.45, 7) is 8.48. The third-order valence-corrected chi connectivity index (χ3v) is 3.47. The largest absolute Gasteiger partial charge is 0.479 e. The first-order chi connectivity index (χ1) is 9.81. The minimum absolute atomic E-state index is 0.0895. The molecular formula is C16H25ClN2O2. The molecule has 0 aliphatic rings. The quantitative estimate of drug-likeness (QED) is 0.812. The molecule has 2 atom stereocenters. The van der Waals surface area contributed by atoms with Crippen molar-refractivity contribution in [1.82, 2.24) is 5.32 Å². The summed E-state index contributed by atoms with van der Waals surface area (Å²) in [5.41, 5.74) is 6.73. The zero-order valence-electron chi connectivity index (χ0n) is 13.2. The molecular weight excluding hydrogens is 288 g/mol. The van der Waals surface area contributed by atoms with Gasteiger partial charge in [-0.15, -0.1) is 0 Å². The molecule has 0 fully saturated rings. The molecule has 0 spiro atoms. The Morgan fingerprint density at radius 2 is 2.00 bits per heavy atom. The lowest BCUT2D eigenvalue weighted by atomic mass is 10.1. The molecule has 1 amide bonds. The molecule has 0 aliphatic carbocycles. The number of hydrogen-bond acceptors (Lipinski definition) is 3. The number of carbonyl (C=O) groups excluding carboxylic acids is 1. The Bertz CT molecular complexity index is 475. The Kier molecular flexibility index (Phi) is 6.99. The Balaban J connectivity index is 2.58. The van der Waals surface area contributed by atoms with E-state index < -0.39 is 6.10 Å². The second-order valence-corrected chi connectivity index (χ2v) is 6.12. The predicted molar refractivity (Wildman–Crippen MR) is 86.6 cm³/mol. The smallest absolute Gasteiger partial charge is 0.260 e. The van der Waals surface area contributed by atoms with Crippen LogP contribution in [0.1, 0.15) is 45.7 Å². The summed E-state index contributed by atoms with van der Waals surface area (Å²) in [5.74, 6) is 0.914. The summed E-state index contributed by atoms with van der Waals surface area (Å²) in [7, 11) is 0. The van der Waals surface area contributed by atoms with Gasteiger partial charge in [-0.2, -0.15) is 0 Å². The molecule has 4 nitrogen and oxygen atoms in total. The van der Waals surface area contributed by atoms with Crippen LogP contribution in [-0.4, -0.2) is 18.6 Å². The second-order valence-electron chi connectivity index (χ2n) is 5.71. The molecule has 0 bridgehead atoms. The van der Waals surface area contributed by atoms with Crippen molar-refractivity contribution < 1.29 is 9.53 Å². The van der Waals surface area contributed by atoms with Crippen molar-refractivity contribution in [2.45, 2.75) is 46.3 Å². The fourth-order valence-electron chi connectivity index (χ4n) is 1.77. The lowest BCUT2D eigenvalue weighted by molar-refractivity contribution is -0.127. The molecule has 0 saturated carbocycles. The molecule has 0 heterocycles. The van der Waals surface area contributed by atoms with Gasteiger partial charge in [0, 0.05) is 12.6 Å². The molecule has 1 aromatic carbocycles. The maximum absolute atomic E-state index is 11.9. The molecule has 0 saturated heterocycles. The van der Waals surface area contributed by atoms with Crippen LogP contribution < -0.4 is 15.8 Å².